The van der Waals surface area contributed by atoms with Crippen LogP contribution in [-0.2, 0) is 34.6 Å². The van der Waals surface area contributed by atoms with Crippen molar-refractivity contribution >= 4 is 54.8 Å². The Morgan fingerprint density at radius 3 is 1.93 bits per heavy atom. The molecule has 0 unspecified atom stereocenters. The number of para-hydroxylation sites is 1. The maximum absolute atomic E-state index is 7.37. The van der Waals surface area contributed by atoms with E-state index in [1.807, 2.05) is 0 Å². The Morgan fingerprint density at radius 1 is 0.778 bits per heavy atom. The highest BCUT2D eigenvalue weighted by molar-refractivity contribution is 7.18. The fourth-order valence-electron chi connectivity index (χ4n) is 5.95. The number of aromatic nitrogens is 1. The van der Waals surface area contributed by atoms with Gasteiger partial charge in [-0.05, 0) is 121 Å². The van der Waals surface area contributed by atoms with Crippen molar-refractivity contribution in [1.29, 1.82) is 0 Å². The van der Waals surface area contributed by atoms with Gasteiger partial charge in [-0.1, -0.05) is 31.2 Å². The first-order chi connectivity index (χ1) is 20.6. The second-order valence-corrected chi connectivity index (χ2v) is 35.3. The Bertz CT molecular complexity index is 1420. The number of thiazole rings is 1. The summed E-state index contributed by atoms with van der Waals surface area (Å²) >= 11 is 1.76. The van der Waals surface area contributed by atoms with Crippen LogP contribution in [0.1, 0.15) is 35.0 Å². The van der Waals surface area contributed by atoms with E-state index in [1.54, 1.807) is 11.3 Å². The molecule has 1 aromatic heterocycles. The molecule has 1 fully saturated rings. The van der Waals surface area contributed by atoms with E-state index in [0.717, 1.165) is 28.9 Å². The van der Waals surface area contributed by atoms with Crippen LogP contribution in [0, 0.1) is 6.92 Å². The molecule has 0 radical (unpaired) electrons. The van der Waals surface area contributed by atoms with Gasteiger partial charge in [0.2, 0.25) is 5.79 Å². The Balaban J connectivity index is 1.94. The van der Waals surface area contributed by atoms with Crippen LogP contribution in [-0.4, -0.2) is 62.7 Å². The molecule has 2 aromatic carbocycles. The van der Waals surface area contributed by atoms with Crippen molar-refractivity contribution in [3.63, 3.8) is 0 Å². The van der Waals surface area contributed by atoms with Gasteiger partial charge in [0.15, 0.2) is 33.3 Å². The normalized spacial score (nSPS) is 25.2. The maximum Gasteiger partial charge on any atom is 0.214 e. The van der Waals surface area contributed by atoms with Gasteiger partial charge in [0.05, 0.1) is 27.4 Å². The quantitative estimate of drug-likeness (QED) is 0.175. The summed E-state index contributed by atoms with van der Waals surface area (Å²) in [4.78, 5) is 4.97. The van der Waals surface area contributed by atoms with Gasteiger partial charge in [-0.15, -0.1) is 11.3 Å². The minimum absolute atomic E-state index is 0.218. The minimum Gasteiger partial charge on any atom is -0.409 e. The topological polar surface area (TPSA) is 59.0 Å². The third-order valence-corrected chi connectivity index (χ3v) is 12.3. The van der Waals surface area contributed by atoms with E-state index in [0.29, 0.717) is 0 Å². The van der Waals surface area contributed by atoms with Gasteiger partial charge in [0.25, 0.3) is 0 Å². The molecular weight excluding hydrogens is 647 g/mol. The average Bonchev–Trinajstić information content (AvgIpc) is 3.28. The van der Waals surface area contributed by atoms with Crippen molar-refractivity contribution in [3.05, 3.63) is 64.2 Å². The number of rotatable bonds is 12. The van der Waals surface area contributed by atoms with Crippen LogP contribution in [0.2, 0.25) is 78.6 Å². The summed E-state index contributed by atoms with van der Waals surface area (Å²) in [5, 5.41) is 1.10. The molecule has 1 saturated heterocycles. The van der Waals surface area contributed by atoms with Crippen molar-refractivity contribution in [2.24, 2.45) is 0 Å². The predicted molar refractivity (Wildman–Crippen MR) is 200 cm³/mol. The lowest BCUT2D eigenvalue weighted by atomic mass is 9.86. The zero-order valence-electron chi connectivity index (χ0n) is 30.2. The molecule has 0 bridgehead atoms. The van der Waals surface area contributed by atoms with E-state index < -0.39 is 45.2 Å². The Morgan fingerprint density at radius 2 is 1.38 bits per heavy atom. The van der Waals surface area contributed by atoms with Gasteiger partial charge < -0.3 is 22.4 Å². The molecule has 3 aromatic rings. The Kier molecular flexibility index (Phi) is 11.0. The summed E-state index contributed by atoms with van der Waals surface area (Å²) in [6.45, 7) is 31.3. The smallest absolute Gasteiger partial charge is 0.214 e. The zero-order chi connectivity index (χ0) is 33.6. The first-order valence-corrected chi connectivity index (χ1v) is 30.9. The van der Waals surface area contributed by atoms with E-state index in [9.17, 15) is 0 Å². The van der Waals surface area contributed by atoms with Gasteiger partial charge in [0, 0.05) is 12.0 Å². The standard InChI is InChI=1S/C34H57NO5SSi4/c1-15-28-31(37-42(3,4)5)32(38-43(6,7)8)33(39-44(9,10)11)34(36-28,40-45(12,13)14)26-21-20-24(2)25(22-26)23-30-35-27-18-16-17-19-29(27)41-30/h16-22,28,31-33H,15,23H2,1-14H3/t28-,31-,32+,33-,34-/m1/s1. The summed E-state index contributed by atoms with van der Waals surface area (Å²) in [6.07, 6.45) is 0.228. The molecular formula is C34H57NO5SSi4. The molecule has 250 valence electrons. The third kappa shape index (κ3) is 9.55. The van der Waals surface area contributed by atoms with Gasteiger partial charge in [0.1, 0.15) is 12.2 Å². The number of aryl methyl sites for hydroxylation is 1. The number of nitrogens with zero attached hydrogens (tertiary/aromatic N) is 1. The van der Waals surface area contributed by atoms with E-state index in [4.69, 9.17) is 27.4 Å². The predicted octanol–water partition coefficient (Wildman–Crippen LogP) is 9.67. The fraction of sp³-hybridized carbons (Fsp3) is 0.618. The van der Waals surface area contributed by atoms with Crippen LogP contribution in [0.4, 0.5) is 0 Å². The van der Waals surface area contributed by atoms with Crippen molar-refractivity contribution in [3.8, 4) is 0 Å². The van der Waals surface area contributed by atoms with Crippen LogP contribution in [0.5, 0.6) is 0 Å². The monoisotopic (exact) mass is 703 g/mol. The molecule has 1 aliphatic rings. The molecule has 2 heterocycles. The van der Waals surface area contributed by atoms with Gasteiger partial charge in [-0.3, -0.25) is 0 Å². The van der Waals surface area contributed by atoms with E-state index in [2.05, 4.69) is 135 Å². The molecule has 0 amide bonds. The van der Waals surface area contributed by atoms with Gasteiger partial charge in [-0.25, -0.2) is 4.98 Å². The first kappa shape index (κ1) is 36.8. The van der Waals surface area contributed by atoms with E-state index in [1.165, 1.54) is 15.8 Å². The molecule has 5 atom stereocenters. The average molecular weight is 704 g/mol. The van der Waals surface area contributed by atoms with Crippen LogP contribution >= 0.6 is 11.3 Å². The van der Waals surface area contributed by atoms with Gasteiger partial charge in [-0.2, -0.15) is 0 Å². The van der Waals surface area contributed by atoms with Crippen molar-refractivity contribution in [2.75, 3.05) is 0 Å². The van der Waals surface area contributed by atoms with Crippen molar-refractivity contribution in [2.45, 2.75) is 135 Å². The molecule has 0 spiro atoms. The summed E-state index contributed by atoms with van der Waals surface area (Å²) in [5.41, 5.74) is 4.48. The van der Waals surface area contributed by atoms with Gasteiger partial charge >= 0.3 is 0 Å². The molecule has 6 nitrogen and oxygen atoms in total. The Labute approximate surface area is 280 Å². The molecule has 0 N–H and O–H groups in total. The van der Waals surface area contributed by atoms with Crippen LogP contribution in [0.25, 0.3) is 10.2 Å². The number of benzene rings is 2. The number of fused-ring (bicyclic) bond motifs is 1. The second kappa shape index (κ2) is 13.5. The largest absolute Gasteiger partial charge is 0.409 e. The van der Waals surface area contributed by atoms with Crippen LogP contribution < -0.4 is 0 Å². The molecule has 45 heavy (non-hydrogen) atoms. The lowest BCUT2D eigenvalue weighted by Crippen LogP contribution is -2.70. The van der Waals surface area contributed by atoms with Crippen molar-refractivity contribution in [1.82, 2.24) is 4.98 Å². The van der Waals surface area contributed by atoms with Crippen molar-refractivity contribution < 1.29 is 22.4 Å². The molecule has 4 rings (SSSR count). The first-order valence-electron chi connectivity index (χ1n) is 16.4. The molecule has 0 saturated carbocycles. The third-order valence-electron chi connectivity index (χ3n) is 7.44. The summed E-state index contributed by atoms with van der Waals surface area (Å²) in [6, 6.07) is 15.1. The maximum atomic E-state index is 7.37. The number of hydrogen-bond donors (Lipinski definition) is 0. The minimum atomic E-state index is -2.22. The van der Waals surface area contributed by atoms with E-state index in [-0.39, 0.29) is 18.3 Å². The highest BCUT2D eigenvalue weighted by Gasteiger charge is 2.61. The summed E-state index contributed by atoms with van der Waals surface area (Å²) < 4.78 is 37.4. The fourth-order valence-corrected chi connectivity index (χ4v) is 11.4. The second-order valence-electron chi connectivity index (χ2n) is 16.4. The van der Waals surface area contributed by atoms with E-state index >= 15 is 0 Å². The lowest BCUT2D eigenvalue weighted by molar-refractivity contribution is -0.337. The summed E-state index contributed by atoms with van der Waals surface area (Å²) in [7, 11) is -8.41. The highest BCUT2D eigenvalue weighted by Crippen LogP contribution is 2.48. The summed E-state index contributed by atoms with van der Waals surface area (Å²) in [5.74, 6) is -1.15. The molecule has 11 heteroatoms. The number of ether oxygens (including phenoxy) is 1. The number of hydrogen-bond acceptors (Lipinski definition) is 7. The molecule has 0 aliphatic carbocycles. The Hall–Kier alpha value is -1.00. The zero-order valence-corrected chi connectivity index (χ0v) is 35.0. The van der Waals surface area contributed by atoms with Crippen LogP contribution in [0.15, 0.2) is 42.5 Å². The van der Waals surface area contributed by atoms with Crippen LogP contribution in [0.3, 0.4) is 0 Å². The molecule has 1 aliphatic heterocycles. The lowest BCUT2D eigenvalue weighted by Gasteiger charge is -2.57. The SMILES string of the molecule is CC[C@H]1O[C@@](O[Si](C)(C)C)(c2ccc(C)c(Cc3nc4ccccc4s3)c2)[C@H](O[Si](C)(C)C)[C@@H](O[Si](C)(C)C)[C@@H]1O[Si](C)(C)C. The highest BCUT2D eigenvalue weighted by atomic mass is 32.1.